The summed E-state index contributed by atoms with van der Waals surface area (Å²) in [5.41, 5.74) is 6.35. The number of fused-ring (bicyclic) bond motifs is 1. The van der Waals surface area contributed by atoms with Crippen LogP contribution >= 0.6 is 0 Å². The van der Waals surface area contributed by atoms with Crippen molar-refractivity contribution in [3.05, 3.63) is 35.8 Å². The summed E-state index contributed by atoms with van der Waals surface area (Å²) >= 11 is 0. The van der Waals surface area contributed by atoms with Gasteiger partial charge in [-0.25, -0.2) is 4.39 Å². The molecule has 1 aliphatic carbocycles. The van der Waals surface area contributed by atoms with Crippen molar-refractivity contribution in [2.45, 2.75) is 44.9 Å². The smallest absolute Gasteiger partial charge is 0.169 e. The van der Waals surface area contributed by atoms with Crippen LogP contribution in [0.5, 0.6) is 0 Å². The zero-order valence-electron chi connectivity index (χ0n) is 12.6. The van der Waals surface area contributed by atoms with E-state index in [1.54, 1.807) is 6.07 Å². The van der Waals surface area contributed by atoms with Crippen LogP contribution in [0.15, 0.2) is 28.7 Å². The van der Waals surface area contributed by atoms with Gasteiger partial charge in [0.25, 0.3) is 0 Å². The molecule has 2 nitrogen and oxygen atoms in total. The van der Waals surface area contributed by atoms with Gasteiger partial charge in [-0.15, -0.1) is 0 Å². The largest absolute Gasteiger partial charge is 0.458 e. The lowest BCUT2D eigenvalue weighted by Gasteiger charge is -2.34. The maximum Gasteiger partial charge on any atom is 0.169 e. The molecule has 1 heterocycles. The van der Waals surface area contributed by atoms with E-state index in [0.717, 1.165) is 29.9 Å². The molecule has 2 aromatic rings. The summed E-state index contributed by atoms with van der Waals surface area (Å²) in [5, 5.41) is 0.860. The first-order valence-corrected chi connectivity index (χ1v) is 8.11. The van der Waals surface area contributed by atoms with Gasteiger partial charge in [0.05, 0.1) is 0 Å². The van der Waals surface area contributed by atoms with E-state index in [4.69, 9.17) is 10.2 Å². The van der Waals surface area contributed by atoms with Crippen molar-refractivity contribution in [2.24, 2.45) is 17.6 Å². The summed E-state index contributed by atoms with van der Waals surface area (Å²) in [6.45, 7) is 2.92. The Kier molecular flexibility index (Phi) is 4.29. The Hall–Kier alpha value is -1.35. The highest BCUT2D eigenvalue weighted by atomic mass is 19.1. The van der Waals surface area contributed by atoms with Crippen LogP contribution in [0.25, 0.3) is 11.0 Å². The molecule has 0 bridgehead atoms. The second-order valence-corrected chi connectivity index (χ2v) is 6.38. The summed E-state index contributed by atoms with van der Waals surface area (Å²) in [6.07, 6.45) is 6.03. The lowest BCUT2D eigenvalue weighted by Crippen LogP contribution is -2.28. The van der Waals surface area contributed by atoms with Crippen LogP contribution in [0.4, 0.5) is 4.39 Å². The summed E-state index contributed by atoms with van der Waals surface area (Å²) in [5.74, 6) is 2.20. The van der Waals surface area contributed by atoms with E-state index in [0.29, 0.717) is 24.0 Å². The maximum atomic E-state index is 13.8. The maximum absolute atomic E-state index is 13.8. The third kappa shape index (κ3) is 2.84. The normalized spacial score (nSPS) is 26.3. The molecule has 0 aliphatic heterocycles. The molecule has 3 unspecified atom stereocenters. The summed E-state index contributed by atoms with van der Waals surface area (Å²) in [7, 11) is 0. The molecule has 3 atom stereocenters. The second kappa shape index (κ2) is 6.18. The van der Waals surface area contributed by atoms with Crippen molar-refractivity contribution in [1.29, 1.82) is 0 Å². The molecule has 2 N–H and O–H groups in total. The predicted octanol–water partition coefficient (Wildman–Crippen LogP) is 4.83. The van der Waals surface area contributed by atoms with E-state index in [-0.39, 0.29) is 5.82 Å². The SMILES string of the molecule is CCCC1CCC(CN)C(c2cc3cccc(F)c3o2)C1. The Morgan fingerprint density at radius 3 is 2.90 bits per heavy atom. The highest BCUT2D eigenvalue weighted by Crippen LogP contribution is 2.43. The Bertz CT molecular complexity index is 606. The molecule has 3 heteroatoms. The van der Waals surface area contributed by atoms with Crippen LogP contribution in [-0.4, -0.2) is 6.54 Å². The number of halogens is 1. The standard InChI is InChI=1S/C18H24FNO/c1-2-4-12-7-8-14(11-20)15(9-12)17-10-13-5-3-6-16(19)18(13)21-17/h3,5-6,10,12,14-15H,2,4,7-9,11,20H2,1H3. The van der Waals surface area contributed by atoms with E-state index < -0.39 is 0 Å². The Morgan fingerprint density at radius 1 is 1.33 bits per heavy atom. The zero-order chi connectivity index (χ0) is 14.8. The molecule has 1 fully saturated rings. The van der Waals surface area contributed by atoms with Gasteiger partial charge >= 0.3 is 0 Å². The highest BCUT2D eigenvalue weighted by molar-refractivity contribution is 5.78. The van der Waals surface area contributed by atoms with E-state index in [1.165, 1.54) is 25.3 Å². The molecule has 0 radical (unpaired) electrons. The van der Waals surface area contributed by atoms with Gasteiger partial charge in [-0.05, 0) is 43.4 Å². The lowest BCUT2D eigenvalue weighted by atomic mass is 9.72. The number of benzene rings is 1. The minimum Gasteiger partial charge on any atom is -0.458 e. The molecule has 1 saturated carbocycles. The van der Waals surface area contributed by atoms with Crippen LogP contribution in [0.2, 0.25) is 0 Å². The number of nitrogens with two attached hydrogens (primary N) is 1. The molecule has 0 spiro atoms. The summed E-state index contributed by atoms with van der Waals surface area (Å²) in [6, 6.07) is 7.12. The fourth-order valence-electron chi connectivity index (χ4n) is 3.85. The van der Waals surface area contributed by atoms with Crippen molar-refractivity contribution < 1.29 is 8.81 Å². The van der Waals surface area contributed by atoms with Gasteiger partial charge < -0.3 is 10.2 Å². The van der Waals surface area contributed by atoms with Gasteiger partial charge in [0.1, 0.15) is 5.76 Å². The van der Waals surface area contributed by atoms with Gasteiger partial charge in [0, 0.05) is 11.3 Å². The van der Waals surface area contributed by atoms with Crippen molar-refractivity contribution in [1.82, 2.24) is 0 Å². The number of furan rings is 1. The highest BCUT2D eigenvalue weighted by Gasteiger charge is 2.32. The fraction of sp³-hybridized carbons (Fsp3) is 0.556. The van der Waals surface area contributed by atoms with Crippen molar-refractivity contribution in [3.63, 3.8) is 0 Å². The molecule has 0 amide bonds. The minimum absolute atomic E-state index is 0.274. The Morgan fingerprint density at radius 2 is 2.19 bits per heavy atom. The van der Waals surface area contributed by atoms with Gasteiger partial charge in [0.15, 0.2) is 11.4 Å². The van der Waals surface area contributed by atoms with Crippen LogP contribution in [0.3, 0.4) is 0 Å². The summed E-state index contributed by atoms with van der Waals surface area (Å²) in [4.78, 5) is 0. The topological polar surface area (TPSA) is 39.2 Å². The van der Waals surface area contributed by atoms with Crippen LogP contribution in [0, 0.1) is 17.7 Å². The zero-order valence-corrected chi connectivity index (χ0v) is 12.6. The quantitative estimate of drug-likeness (QED) is 0.875. The third-order valence-corrected chi connectivity index (χ3v) is 4.98. The first kappa shape index (κ1) is 14.6. The van der Waals surface area contributed by atoms with E-state index in [2.05, 4.69) is 6.92 Å². The third-order valence-electron chi connectivity index (χ3n) is 4.98. The van der Waals surface area contributed by atoms with E-state index in [1.807, 2.05) is 12.1 Å². The first-order chi connectivity index (χ1) is 10.2. The molecular formula is C18H24FNO. The summed E-state index contributed by atoms with van der Waals surface area (Å²) < 4.78 is 19.7. The van der Waals surface area contributed by atoms with Gasteiger partial charge in [-0.2, -0.15) is 0 Å². The van der Waals surface area contributed by atoms with Crippen molar-refractivity contribution in [2.75, 3.05) is 6.54 Å². The molecule has 3 rings (SSSR count). The average Bonchev–Trinajstić information content (AvgIpc) is 2.93. The van der Waals surface area contributed by atoms with Crippen LogP contribution in [-0.2, 0) is 0 Å². The minimum atomic E-state index is -0.274. The second-order valence-electron chi connectivity index (χ2n) is 6.38. The molecule has 1 aromatic carbocycles. The first-order valence-electron chi connectivity index (χ1n) is 8.11. The van der Waals surface area contributed by atoms with E-state index in [9.17, 15) is 4.39 Å². The molecule has 21 heavy (non-hydrogen) atoms. The number of rotatable bonds is 4. The van der Waals surface area contributed by atoms with Crippen molar-refractivity contribution >= 4 is 11.0 Å². The van der Waals surface area contributed by atoms with Crippen molar-refractivity contribution in [3.8, 4) is 0 Å². The number of hydrogen-bond acceptors (Lipinski definition) is 2. The molecule has 0 saturated heterocycles. The molecular weight excluding hydrogens is 265 g/mol. The number of para-hydroxylation sites is 1. The molecule has 114 valence electrons. The average molecular weight is 289 g/mol. The molecule has 1 aliphatic rings. The molecule has 1 aromatic heterocycles. The Labute approximate surface area is 125 Å². The van der Waals surface area contributed by atoms with Gasteiger partial charge in [0.2, 0.25) is 0 Å². The van der Waals surface area contributed by atoms with Gasteiger partial charge in [-0.3, -0.25) is 0 Å². The van der Waals surface area contributed by atoms with Gasteiger partial charge in [-0.1, -0.05) is 38.3 Å². The number of hydrogen-bond donors (Lipinski definition) is 1. The lowest BCUT2D eigenvalue weighted by molar-refractivity contribution is 0.211. The Balaban J connectivity index is 1.91. The fourth-order valence-corrected chi connectivity index (χ4v) is 3.85. The predicted molar refractivity (Wildman–Crippen MR) is 83.7 cm³/mol. The monoisotopic (exact) mass is 289 g/mol. The van der Waals surface area contributed by atoms with E-state index >= 15 is 0 Å². The van der Waals surface area contributed by atoms with Crippen LogP contribution in [0.1, 0.15) is 50.7 Å². The van der Waals surface area contributed by atoms with Crippen LogP contribution < -0.4 is 5.73 Å².